The molecule has 0 spiro atoms. The van der Waals surface area contributed by atoms with E-state index < -0.39 is 0 Å². The summed E-state index contributed by atoms with van der Waals surface area (Å²) in [4.78, 5) is 12.6. The molecule has 0 aliphatic carbocycles. The van der Waals surface area contributed by atoms with Crippen LogP contribution >= 0.6 is 12.2 Å². The quantitative estimate of drug-likeness (QED) is 0.843. The predicted molar refractivity (Wildman–Crippen MR) is 88.1 cm³/mol. The Bertz CT molecular complexity index is 725. The van der Waals surface area contributed by atoms with E-state index in [4.69, 9.17) is 17.0 Å². The van der Waals surface area contributed by atoms with Crippen LogP contribution in [0.4, 0.5) is 0 Å². The third-order valence-corrected chi connectivity index (χ3v) is 4.55. The lowest BCUT2D eigenvalue weighted by Crippen LogP contribution is -2.37. The van der Waals surface area contributed by atoms with Gasteiger partial charge in [-0.2, -0.15) is 5.10 Å². The summed E-state index contributed by atoms with van der Waals surface area (Å²) in [5.41, 5.74) is 1.05. The molecule has 0 bridgehead atoms. The van der Waals surface area contributed by atoms with Gasteiger partial charge in [0.25, 0.3) is 0 Å². The number of amides is 1. The molecular weight excluding hydrogens is 312 g/mol. The third kappa shape index (κ3) is 3.51. The highest BCUT2D eigenvalue weighted by Crippen LogP contribution is 2.33. The number of benzene rings is 1. The second-order valence-corrected chi connectivity index (χ2v) is 6.06. The van der Waals surface area contributed by atoms with Gasteiger partial charge in [-0.3, -0.25) is 9.89 Å². The number of rotatable bonds is 4. The van der Waals surface area contributed by atoms with E-state index in [1.165, 1.54) is 0 Å². The van der Waals surface area contributed by atoms with E-state index in [1.54, 1.807) is 4.57 Å². The fourth-order valence-electron chi connectivity index (χ4n) is 2.86. The predicted octanol–water partition coefficient (Wildman–Crippen LogP) is 2.26. The molecule has 2 aromatic rings. The summed E-state index contributed by atoms with van der Waals surface area (Å²) >= 11 is 5.07. The summed E-state index contributed by atoms with van der Waals surface area (Å²) in [6.07, 6.45) is 1.53. The van der Waals surface area contributed by atoms with Gasteiger partial charge in [0, 0.05) is 13.7 Å². The third-order valence-electron chi connectivity index (χ3n) is 4.18. The van der Waals surface area contributed by atoms with Crippen LogP contribution in [0.15, 0.2) is 30.3 Å². The maximum absolute atomic E-state index is 12.6. The number of hydrogen-bond donors (Lipinski definition) is 2. The van der Waals surface area contributed by atoms with Crippen molar-refractivity contribution >= 4 is 18.1 Å². The van der Waals surface area contributed by atoms with Crippen LogP contribution in [0.1, 0.15) is 30.3 Å². The first-order valence-electron chi connectivity index (χ1n) is 7.71. The summed E-state index contributed by atoms with van der Waals surface area (Å²) in [5.74, 6) is 0.516. The van der Waals surface area contributed by atoms with Gasteiger partial charge >= 0.3 is 0 Å². The van der Waals surface area contributed by atoms with E-state index in [0.29, 0.717) is 23.7 Å². The Morgan fingerprint density at radius 2 is 2.26 bits per heavy atom. The highest BCUT2D eigenvalue weighted by molar-refractivity contribution is 7.71. The maximum Gasteiger partial charge on any atom is 0.226 e. The monoisotopic (exact) mass is 332 g/mol. The van der Waals surface area contributed by atoms with Gasteiger partial charge in [-0.1, -0.05) is 30.3 Å². The standard InChI is InChI=1S/C16H20N4O2S/c1-20-13(18-19-16(20)23)10-17-15(21)12-8-5-9-22-14(12)11-6-3-2-4-7-11/h2-4,6-7,12,14H,5,8-10H2,1H3,(H,17,21)(H,19,23)/t12-,14-/m0/s1. The van der Waals surface area contributed by atoms with Crippen molar-refractivity contribution in [1.29, 1.82) is 0 Å². The van der Waals surface area contributed by atoms with Crippen molar-refractivity contribution in [1.82, 2.24) is 20.1 Å². The Labute approximate surface area is 139 Å². The number of H-pyrrole nitrogens is 1. The second kappa shape index (κ2) is 7.06. The first-order chi connectivity index (χ1) is 11.2. The van der Waals surface area contributed by atoms with Crippen molar-refractivity contribution < 1.29 is 9.53 Å². The van der Waals surface area contributed by atoms with Gasteiger partial charge < -0.3 is 14.6 Å². The minimum absolute atomic E-state index is 0.00697. The van der Waals surface area contributed by atoms with Crippen molar-refractivity contribution in [3.8, 4) is 0 Å². The Kier molecular flexibility index (Phi) is 4.88. The van der Waals surface area contributed by atoms with Gasteiger partial charge in [-0.25, -0.2) is 0 Å². The number of aromatic nitrogens is 3. The van der Waals surface area contributed by atoms with E-state index >= 15 is 0 Å². The van der Waals surface area contributed by atoms with Crippen LogP contribution in [0.2, 0.25) is 0 Å². The molecule has 0 saturated carbocycles. The Hall–Kier alpha value is -1.99. The molecule has 122 valence electrons. The van der Waals surface area contributed by atoms with E-state index in [0.717, 1.165) is 18.4 Å². The highest BCUT2D eigenvalue weighted by Gasteiger charge is 2.32. The second-order valence-electron chi connectivity index (χ2n) is 5.67. The van der Waals surface area contributed by atoms with Gasteiger partial charge in [0.2, 0.25) is 5.91 Å². The van der Waals surface area contributed by atoms with Gasteiger partial charge in [-0.15, -0.1) is 0 Å². The molecule has 1 aliphatic rings. The minimum Gasteiger partial charge on any atom is -0.373 e. The Morgan fingerprint density at radius 3 is 2.96 bits per heavy atom. The van der Waals surface area contributed by atoms with Crippen molar-refractivity contribution in [2.45, 2.75) is 25.5 Å². The lowest BCUT2D eigenvalue weighted by Gasteiger charge is -2.31. The highest BCUT2D eigenvalue weighted by atomic mass is 32.1. The molecule has 1 fully saturated rings. The SMILES string of the molecule is Cn1c(CNC(=O)[C@H]2CCCO[C@H]2c2ccccc2)n[nH]c1=S. The van der Waals surface area contributed by atoms with E-state index in [1.807, 2.05) is 37.4 Å². The topological polar surface area (TPSA) is 71.9 Å². The van der Waals surface area contributed by atoms with Crippen molar-refractivity contribution in [2.75, 3.05) is 6.61 Å². The molecule has 6 nitrogen and oxygen atoms in total. The summed E-state index contributed by atoms with van der Waals surface area (Å²) in [6.45, 7) is 1.04. The summed E-state index contributed by atoms with van der Waals surface area (Å²) in [7, 11) is 1.82. The van der Waals surface area contributed by atoms with Crippen LogP contribution in [-0.4, -0.2) is 27.3 Å². The van der Waals surface area contributed by atoms with Crippen LogP contribution in [-0.2, 0) is 23.1 Å². The normalized spacial score (nSPS) is 21.1. The van der Waals surface area contributed by atoms with Crippen molar-refractivity contribution in [2.24, 2.45) is 13.0 Å². The molecule has 0 radical (unpaired) electrons. The fraction of sp³-hybridized carbons (Fsp3) is 0.438. The van der Waals surface area contributed by atoms with Crippen LogP contribution < -0.4 is 5.32 Å². The molecule has 2 heterocycles. The van der Waals surface area contributed by atoms with E-state index in [-0.39, 0.29) is 17.9 Å². The summed E-state index contributed by atoms with van der Waals surface area (Å²) < 4.78 is 8.16. The summed E-state index contributed by atoms with van der Waals surface area (Å²) in [5, 5.41) is 9.78. The number of nitrogens with one attached hydrogen (secondary N) is 2. The number of aromatic amines is 1. The fourth-order valence-corrected chi connectivity index (χ4v) is 3.01. The Morgan fingerprint density at radius 1 is 1.48 bits per heavy atom. The molecular formula is C16H20N4O2S. The molecule has 2 N–H and O–H groups in total. The van der Waals surface area contributed by atoms with Crippen LogP contribution in [0.5, 0.6) is 0 Å². The van der Waals surface area contributed by atoms with Gasteiger partial charge in [0.05, 0.1) is 18.6 Å². The van der Waals surface area contributed by atoms with Gasteiger partial charge in [-0.05, 0) is 30.6 Å². The Balaban J connectivity index is 1.69. The largest absolute Gasteiger partial charge is 0.373 e. The van der Waals surface area contributed by atoms with Crippen molar-refractivity contribution in [3.05, 3.63) is 46.5 Å². The molecule has 1 saturated heterocycles. The molecule has 3 rings (SSSR count). The first kappa shape index (κ1) is 15.9. The molecule has 23 heavy (non-hydrogen) atoms. The minimum atomic E-state index is -0.188. The zero-order chi connectivity index (χ0) is 16.2. The van der Waals surface area contributed by atoms with Crippen molar-refractivity contribution in [3.63, 3.8) is 0 Å². The smallest absolute Gasteiger partial charge is 0.226 e. The molecule has 1 aromatic heterocycles. The zero-order valence-corrected chi connectivity index (χ0v) is 13.8. The number of nitrogens with zero attached hydrogens (tertiary/aromatic N) is 2. The van der Waals surface area contributed by atoms with E-state index in [2.05, 4.69) is 15.5 Å². The number of carbonyl (C=O) groups is 1. The molecule has 0 unspecified atom stereocenters. The van der Waals surface area contributed by atoms with Gasteiger partial charge in [0.15, 0.2) is 10.6 Å². The van der Waals surface area contributed by atoms with Crippen LogP contribution in [0, 0.1) is 10.7 Å². The molecule has 1 aliphatic heterocycles. The number of ether oxygens (including phenoxy) is 1. The van der Waals surface area contributed by atoms with E-state index in [9.17, 15) is 4.79 Å². The number of hydrogen-bond acceptors (Lipinski definition) is 4. The first-order valence-corrected chi connectivity index (χ1v) is 8.12. The summed E-state index contributed by atoms with van der Waals surface area (Å²) in [6, 6.07) is 9.92. The molecule has 2 atom stereocenters. The molecule has 1 amide bonds. The van der Waals surface area contributed by atoms with Crippen LogP contribution in [0.25, 0.3) is 0 Å². The maximum atomic E-state index is 12.6. The molecule has 7 heteroatoms. The average Bonchev–Trinajstić information content (AvgIpc) is 2.92. The lowest BCUT2D eigenvalue weighted by molar-refractivity contribution is -0.135. The average molecular weight is 332 g/mol. The lowest BCUT2D eigenvalue weighted by atomic mass is 9.89. The molecule has 1 aromatic carbocycles. The van der Waals surface area contributed by atoms with Gasteiger partial charge in [0.1, 0.15) is 0 Å². The van der Waals surface area contributed by atoms with Crippen LogP contribution in [0.3, 0.4) is 0 Å². The number of carbonyl (C=O) groups excluding carboxylic acids is 1. The zero-order valence-electron chi connectivity index (χ0n) is 13.0.